The number of rotatable bonds is 1. The maximum Gasteiger partial charge on any atom is 0.364 e. The topological polar surface area (TPSA) is 40.5 Å². The number of hydrogen-bond donors (Lipinski definition) is 1. The number of carbonyl (C=O) groups is 1. The van der Waals surface area contributed by atoms with Crippen LogP contribution in [0.2, 0.25) is 0 Å². The van der Waals surface area contributed by atoms with Gasteiger partial charge in [-0.3, -0.25) is 0 Å². The van der Waals surface area contributed by atoms with Crippen LogP contribution in [0.4, 0.5) is 4.39 Å². The van der Waals surface area contributed by atoms with Crippen LogP contribution in [0.5, 0.6) is 0 Å². The first-order valence-corrected chi connectivity index (χ1v) is 4.40. The molecule has 4 heteroatoms. The molecule has 74 valence electrons. The Morgan fingerprint density at radius 2 is 2.15 bits per heavy atom. The van der Waals surface area contributed by atoms with Crippen LogP contribution in [0.25, 0.3) is 0 Å². The molecule has 3 nitrogen and oxygen atoms in total. The molecule has 0 atom stereocenters. The standard InChI is InChI=1S/C9H14FNO2/c1-11-5-2-3-7(4-6-11)8(10)9(12)13/h2-6H2,1H3,(H,12,13). The molecule has 1 saturated heterocycles. The van der Waals surface area contributed by atoms with Crippen LogP contribution in [0.3, 0.4) is 0 Å². The van der Waals surface area contributed by atoms with Crippen molar-refractivity contribution in [1.82, 2.24) is 4.90 Å². The number of halogens is 1. The van der Waals surface area contributed by atoms with Crippen molar-refractivity contribution in [3.8, 4) is 0 Å². The fraction of sp³-hybridized carbons (Fsp3) is 0.667. The molecule has 1 aliphatic rings. The molecule has 0 amide bonds. The first kappa shape index (κ1) is 10.2. The van der Waals surface area contributed by atoms with Gasteiger partial charge in [0.05, 0.1) is 0 Å². The number of hydrogen-bond acceptors (Lipinski definition) is 2. The number of likely N-dealkylation sites (tertiary alicyclic amines) is 1. The molecule has 0 radical (unpaired) electrons. The van der Waals surface area contributed by atoms with Gasteiger partial charge in [-0.15, -0.1) is 0 Å². The summed E-state index contributed by atoms with van der Waals surface area (Å²) in [6, 6.07) is 0. The van der Waals surface area contributed by atoms with E-state index >= 15 is 0 Å². The summed E-state index contributed by atoms with van der Waals surface area (Å²) in [6.45, 7) is 1.66. The summed E-state index contributed by atoms with van der Waals surface area (Å²) >= 11 is 0. The van der Waals surface area contributed by atoms with Crippen molar-refractivity contribution in [1.29, 1.82) is 0 Å². The van der Waals surface area contributed by atoms with Crippen LogP contribution in [0.15, 0.2) is 11.4 Å². The molecular formula is C9H14FNO2. The second-order valence-corrected chi connectivity index (χ2v) is 3.38. The van der Waals surface area contributed by atoms with Crippen molar-refractivity contribution >= 4 is 5.97 Å². The zero-order valence-electron chi connectivity index (χ0n) is 7.72. The fourth-order valence-corrected chi connectivity index (χ4v) is 1.50. The molecule has 1 rings (SSSR count). The van der Waals surface area contributed by atoms with E-state index < -0.39 is 11.8 Å². The molecular weight excluding hydrogens is 173 g/mol. The predicted octanol–water partition coefficient (Wildman–Crippen LogP) is 1.41. The van der Waals surface area contributed by atoms with Gasteiger partial charge in [0.15, 0.2) is 0 Å². The van der Waals surface area contributed by atoms with Gasteiger partial charge in [0.1, 0.15) is 0 Å². The molecule has 0 saturated carbocycles. The quantitative estimate of drug-likeness (QED) is 0.631. The lowest BCUT2D eigenvalue weighted by Crippen LogP contribution is -2.18. The van der Waals surface area contributed by atoms with Crippen molar-refractivity contribution in [2.45, 2.75) is 19.3 Å². The molecule has 0 bridgehead atoms. The Bertz CT molecular complexity index is 238. The lowest BCUT2D eigenvalue weighted by atomic mass is 10.1. The van der Waals surface area contributed by atoms with E-state index in [1.165, 1.54) is 0 Å². The third-order valence-corrected chi connectivity index (χ3v) is 2.31. The second-order valence-electron chi connectivity index (χ2n) is 3.38. The highest BCUT2D eigenvalue weighted by Crippen LogP contribution is 2.20. The molecule has 1 N–H and O–H groups in total. The summed E-state index contributed by atoms with van der Waals surface area (Å²) in [5.74, 6) is -2.38. The summed E-state index contributed by atoms with van der Waals surface area (Å²) in [7, 11) is 1.96. The maximum atomic E-state index is 13.0. The van der Waals surface area contributed by atoms with E-state index in [0.29, 0.717) is 18.4 Å². The predicted molar refractivity (Wildman–Crippen MR) is 47.1 cm³/mol. The zero-order chi connectivity index (χ0) is 9.84. The Morgan fingerprint density at radius 1 is 1.46 bits per heavy atom. The SMILES string of the molecule is CN1CCCC(=C(F)C(=O)O)CC1. The van der Waals surface area contributed by atoms with E-state index in [2.05, 4.69) is 4.90 Å². The van der Waals surface area contributed by atoms with E-state index in [0.717, 1.165) is 19.5 Å². The van der Waals surface area contributed by atoms with E-state index in [-0.39, 0.29) is 0 Å². The van der Waals surface area contributed by atoms with Gasteiger partial charge in [0.25, 0.3) is 0 Å². The maximum absolute atomic E-state index is 13.0. The average Bonchev–Trinajstić information content (AvgIpc) is 2.28. The third kappa shape index (κ3) is 2.81. The van der Waals surface area contributed by atoms with Gasteiger partial charge >= 0.3 is 5.97 Å². The summed E-state index contributed by atoms with van der Waals surface area (Å²) < 4.78 is 13.0. The largest absolute Gasteiger partial charge is 0.476 e. The van der Waals surface area contributed by atoms with Gasteiger partial charge in [-0.2, -0.15) is 4.39 Å². The fourth-order valence-electron chi connectivity index (χ4n) is 1.50. The first-order chi connectivity index (χ1) is 6.11. The van der Waals surface area contributed by atoms with Gasteiger partial charge in [-0.05, 0) is 38.4 Å². The summed E-state index contributed by atoms with van der Waals surface area (Å²) in [5, 5.41) is 8.45. The van der Waals surface area contributed by atoms with Gasteiger partial charge in [-0.1, -0.05) is 0 Å². The molecule has 0 unspecified atom stereocenters. The Labute approximate surface area is 76.8 Å². The van der Waals surface area contributed by atoms with Gasteiger partial charge < -0.3 is 10.0 Å². The van der Waals surface area contributed by atoms with Crippen LogP contribution < -0.4 is 0 Å². The van der Waals surface area contributed by atoms with Crippen LogP contribution >= 0.6 is 0 Å². The van der Waals surface area contributed by atoms with Crippen molar-refractivity contribution in [3.63, 3.8) is 0 Å². The van der Waals surface area contributed by atoms with E-state index in [4.69, 9.17) is 5.11 Å². The summed E-state index contributed by atoms with van der Waals surface area (Å²) in [6.07, 6.45) is 1.95. The second kappa shape index (κ2) is 4.37. The lowest BCUT2D eigenvalue weighted by Gasteiger charge is -2.10. The molecule has 0 aromatic heterocycles. The van der Waals surface area contributed by atoms with Gasteiger partial charge in [0.2, 0.25) is 5.83 Å². The smallest absolute Gasteiger partial charge is 0.364 e. The van der Waals surface area contributed by atoms with Crippen LogP contribution in [-0.2, 0) is 4.79 Å². The van der Waals surface area contributed by atoms with Crippen LogP contribution in [0, 0.1) is 0 Å². The van der Waals surface area contributed by atoms with Crippen molar-refractivity contribution in [2.75, 3.05) is 20.1 Å². The average molecular weight is 187 g/mol. The van der Waals surface area contributed by atoms with Crippen molar-refractivity contribution < 1.29 is 14.3 Å². The molecule has 13 heavy (non-hydrogen) atoms. The summed E-state index contributed by atoms with van der Waals surface area (Å²) in [5.41, 5.74) is 0.455. The number of nitrogens with zero attached hydrogens (tertiary/aromatic N) is 1. The highest BCUT2D eigenvalue weighted by molar-refractivity contribution is 5.84. The first-order valence-electron chi connectivity index (χ1n) is 4.40. The molecule has 1 heterocycles. The molecule has 1 fully saturated rings. The van der Waals surface area contributed by atoms with E-state index in [9.17, 15) is 9.18 Å². The number of aliphatic carboxylic acids is 1. The minimum atomic E-state index is -1.43. The Hall–Kier alpha value is -0.900. The minimum Gasteiger partial charge on any atom is -0.476 e. The minimum absolute atomic E-state index is 0.455. The van der Waals surface area contributed by atoms with Crippen LogP contribution in [-0.4, -0.2) is 36.1 Å². The Morgan fingerprint density at radius 3 is 2.77 bits per heavy atom. The highest BCUT2D eigenvalue weighted by Gasteiger charge is 2.16. The molecule has 0 aromatic rings. The third-order valence-electron chi connectivity index (χ3n) is 2.31. The van der Waals surface area contributed by atoms with Crippen molar-refractivity contribution in [2.24, 2.45) is 0 Å². The zero-order valence-corrected chi connectivity index (χ0v) is 7.72. The normalized spacial score (nSPS) is 23.8. The Balaban J connectivity index is 2.70. The molecule has 0 aliphatic carbocycles. The monoisotopic (exact) mass is 187 g/mol. The molecule has 0 aromatic carbocycles. The van der Waals surface area contributed by atoms with E-state index in [1.54, 1.807) is 0 Å². The lowest BCUT2D eigenvalue weighted by molar-refractivity contribution is -0.134. The highest BCUT2D eigenvalue weighted by atomic mass is 19.1. The van der Waals surface area contributed by atoms with Gasteiger partial charge in [-0.25, -0.2) is 4.79 Å². The Kier molecular flexibility index (Phi) is 3.42. The van der Waals surface area contributed by atoms with Crippen molar-refractivity contribution in [3.05, 3.63) is 11.4 Å². The molecule has 1 aliphatic heterocycles. The number of carboxylic acid groups (broad SMARTS) is 1. The summed E-state index contributed by atoms with van der Waals surface area (Å²) in [4.78, 5) is 12.4. The van der Waals surface area contributed by atoms with Gasteiger partial charge in [0, 0.05) is 6.54 Å². The number of carboxylic acids is 1. The van der Waals surface area contributed by atoms with Crippen LogP contribution in [0.1, 0.15) is 19.3 Å². The molecule has 0 spiro atoms. The van der Waals surface area contributed by atoms with E-state index in [1.807, 2.05) is 7.05 Å².